The Bertz CT molecular complexity index is 1140. The van der Waals surface area contributed by atoms with E-state index in [-0.39, 0.29) is 16.7 Å². The van der Waals surface area contributed by atoms with Gasteiger partial charge in [0, 0.05) is 24.8 Å². The van der Waals surface area contributed by atoms with Crippen molar-refractivity contribution in [3.8, 4) is 0 Å². The zero-order valence-corrected chi connectivity index (χ0v) is 20.0. The molecular formula is C24H31N3O4S. The van der Waals surface area contributed by atoms with Gasteiger partial charge in [0.25, 0.3) is 0 Å². The summed E-state index contributed by atoms with van der Waals surface area (Å²) in [5.41, 5.74) is 4.21. The summed E-state index contributed by atoms with van der Waals surface area (Å²) in [4.78, 5) is 26.5. The summed E-state index contributed by atoms with van der Waals surface area (Å²) in [6.45, 7) is 9.79. The molecule has 0 saturated heterocycles. The van der Waals surface area contributed by atoms with E-state index in [0.29, 0.717) is 25.1 Å². The highest BCUT2D eigenvalue weighted by molar-refractivity contribution is 7.89. The lowest BCUT2D eigenvalue weighted by Gasteiger charge is -2.21. The Balaban J connectivity index is 1.83. The summed E-state index contributed by atoms with van der Waals surface area (Å²) >= 11 is 0. The van der Waals surface area contributed by atoms with Gasteiger partial charge < -0.3 is 10.2 Å². The van der Waals surface area contributed by atoms with Crippen LogP contribution in [0.15, 0.2) is 41.3 Å². The number of hydrogen-bond acceptors (Lipinski definition) is 4. The predicted molar refractivity (Wildman–Crippen MR) is 126 cm³/mol. The Hall–Kier alpha value is -2.71. The molecule has 7 nitrogen and oxygen atoms in total. The molecule has 0 aliphatic carbocycles. The fourth-order valence-corrected chi connectivity index (χ4v) is 5.24. The normalized spacial score (nSPS) is 14.4. The molecule has 1 unspecified atom stereocenters. The highest BCUT2D eigenvalue weighted by Gasteiger charge is 2.29. The number of nitrogens with one attached hydrogen (secondary N) is 2. The first kappa shape index (κ1) is 23.9. The van der Waals surface area contributed by atoms with E-state index in [1.807, 2.05) is 45.9 Å². The number of hydrogen-bond donors (Lipinski definition) is 2. The van der Waals surface area contributed by atoms with Crippen molar-refractivity contribution in [2.45, 2.75) is 58.4 Å². The van der Waals surface area contributed by atoms with Crippen LogP contribution in [0.4, 0.5) is 11.4 Å². The Morgan fingerprint density at radius 3 is 2.44 bits per heavy atom. The van der Waals surface area contributed by atoms with Crippen LogP contribution in [0, 0.1) is 19.8 Å². The van der Waals surface area contributed by atoms with Gasteiger partial charge in [-0.1, -0.05) is 31.5 Å². The molecule has 0 saturated carbocycles. The van der Waals surface area contributed by atoms with Gasteiger partial charge >= 0.3 is 0 Å². The van der Waals surface area contributed by atoms with E-state index in [9.17, 15) is 18.0 Å². The molecule has 0 aromatic heterocycles. The van der Waals surface area contributed by atoms with E-state index >= 15 is 0 Å². The van der Waals surface area contributed by atoms with Crippen LogP contribution in [0.2, 0.25) is 0 Å². The van der Waals surface area contributed by atoms with E-state index in [1.54, 1.807) is 17.0 Å². The van der Waals surface area contributed by atoms with Gasteiger partial charge in [-0.3, -0.25) is 9.59 Å². The largest absolute Gasteiger partial charge is 0.324 e. The van der Waals surface area contributed by atoms with Crippen LogP contribution in [0.1, 0.15) is 43.9 Å². The predicted octanol–water partition coefficient (Wildman–Crippen LogP) is 3.54. The molecule has 0 fully saturated rings. The number of nitrogens with zero attached hydrogens (tertiary/aromatic N) is 1. The van der Waals surface area contributed by atoms with Crippen LogP contribution in [-0.2, 0) is 26.0 Å². The van der Waals surface area contributed by atoms with Crippen LogP contribution in [-0.4, -0.2) is 32.8 Å². The number of sulfonamides is 1. The second kappa shape index (κ2) is 9.42. The molecule has 3 rings (SSSR count). The molecule has 0 radical (unpaired) electrons. The van der Waals surface area contributed by atoms with Crippen molar-refractivity contribution in [3.63, 3.8) is 0 Å². The van der Waals surface area contributed by atoms with Crippen molar-refractivity contribution < 1.29 is 18.0 Å². The lowest BCUT2D eigenvalue weighted by molar-refractivity contribution is -0.118. The van der Waals surface area contributed by atoms with Gasteiger partial charge in [-0.2, -0.15) is 4.72 Å². The third kappa shape index (κ3) is 5.37. The van der Waals surface area contributed by atoms with Gasteiger partial charge in [0.05, 0.1) is 4.90 Å². The fourth-order valence-electron chi connectivity index (χ4n) is 3.98. The van der Waals surface area contributed by atoms with Gasteiger partial charge in [0.15, 0.2) is 0 Å². The summed E-state index contributed by atoms with van der Waals surface area (Å²) in [5.74, 6) is -0.354. The summed E-state index contributed by atoms with van der Waals surface area (Å²) < 4.78 is 28.9. The van der Waals surface area contributed by atoms with Crippen molar-refractivity contribution in [2.75, 3.05) is 16.8 Å². The van der Waals surface area contributed by atoms with Crippen LogP contribution in [0.3, 0.4) is 0 Å². The first-order valence-electron chi connectivity index (χ1n) is 10.8. The number of carbonyl (C=O) groups excluding carboxylic acids is 2. The van der Waals surface area contributed by atoms with Crippen LogP contribution >= 0.6 is 0 Å². The van der Waals surface area contributed by atoms with E-state index in [1.165, 1.54) is 13.0 Å². The van der Waals surface area contributed by atoms with E-state index in [2.05, 4.69) is 10.0 Å². The van der Waals surface area contributed by atoms with Crippen molar-refractivity contribution >= 4 is 33.2 Å². The maximum Gasteiger partial charge on any atom is 0.242 e. The summed E-state index contributed by atoms with van der Waals surface area (Å²) in [5, 5.41) is 2.87. The van der Waals surface area contributed by atoms with Crippen LogP contribution in [0.5, 0.6) is 0 Å². The average Bonchev–Trinajstić information content (AvgIpc) is 3.12. The molecule has 0 spiro atoms. The van der Waals surface area contributed by atoms with E-state index in [0.717, 1.165) is 22.4 Å². The molecule has 2 amide bonds. The van der Waals surface area contributed by atoms with Crippen LogP contribution < -0.4 is 14.9 Å². The molecule has 32 heavy (non-hydrogen) atoms. The molecule has 2 N–H and O–H groups in total. The average molecular weight is 458 g/mol. The second-order valence-corrected chi connectivity index (χ2v) is 10.5. The van der Waals surface area contributed by atoms with Gasteiger partial charge in [0.2, 0.25) is 21.8 Å². The molecule has 172 valence electrons. The van der Waals surface area contributed by atoms with Crippen molar-refractivity contribution in [3.05, 3.63) is 53.1 Å². The maximum atomic E-state index is 13.1. The molecule has 0 bridgehead atoms. The Morgan fingerprint density at radius 2 is 1.81 bits per heavy atom. The topological polar surface area (TPSA) is 95.6 Å². The number of rotatable bonds is 7. The van der Waals surface area contributed by atoms with Crippen molar-refractivity contribution in [2.24, 2.45) is 5.92 Å². The van der Waals surface area contributed by atoms with Crippen LogP contribution in [0.25, 0.3) is 0 Å². The lowest BCUT2D eigenvalue weighted by atomic mass is 10.0. The lowest BCUT2D eigenvalue weighted by Crippen LogP contribution is -2.44. The summed E-state index contributed by atoms with van der Waals surface area (Å²) in [6, 6.07) is 9.51. The van der Waals surface area contributed by atoms with Gasteiger partial charge in [0.1, 0.15) is 6.04 Å². The van der Waals surface area contributed by atoms with Gasteiger partial charge in [-0.15, -0.1) is 0 Å². The Kier molecular flexibility index (Phi) is 7.05. The molecule has 1 heterocycles. The SMILES string of the molecule is CC(=O)N1CCc2cc(S(=O)(=O)NC(CC(C)C)C(=O)Nc3ccc(C)cc3C)ccc21. The molecule has 1 aliphatic rings. The molecule has 8 heteroatoms. The standard InChI is InChI=1S/C24H31N3O4S/c1-15(2)12-22(24(29)25-21-8-6-16(3)13-17(21)4)26-32(30,31)20-7-9-23-19(14-20)10-11-27(23)18(5)28/h6-9,13-15,22,26H,10-12H2,1-5H3,(H,25,29). The van der Waals surface area contributed by atoms with Crippen molar-refractivity contribution in [1.82, 2.24) is 4.72 Å². The second-order valence-electron chi connectivity index (χ2n) is 8.82. The maximum absolute atomic E-state index is 13.1. The van der Waals surface area contributed by atoms with Gasteiger partial charge in [-0.25, -0.2) is 8.42 Å². The molecule has 2 aromatic carbocycles. The number of benzene rings is 2. The third-order valence-electron chi connectivity index (χ3n) is 5.60. The highest BCUT2D eigenvalue weighted by atomic mass is 32.2. The van der Waals surface area contributed by atoms with Crippen molar-refractivity contribution in [1.29, 1.82) is 0 Å². The summed E-state index contributed by atoms with van der Waals surface area (Å²) in [6.07, 6.45) is 0.958. The number of carbonyl (C=O) groups is 2. The number of fused-ring (bicyclic) bond motifs is 1. The first-order valence-corrected chi connectivity index (χ1v) is 12.3. The molecular weight excluding hydrogens is 426 g/mol. The molecule has 2 aromatic rings. The summed E-state index contributed by atoms with van der Waals surface area (Å²) in [7, 11) is -3.93. The number of anilines is 2. The Labute approximate surface area is 190 Å². The van der Waals surface area contributed by atoms with E-state index < -0.39 is 22.0 Å². The Morgan fingerprint density at radius 1 is 1.09 bits per heavy atom. The van der Waals surface area contributed by atoms with Gasteiger partial charge in [-0.05, 0) is 68.0 Å². The number of aryl methyl sites for hydroxylation is 2. The molecule has 1 atom stereocenters. The zero-order chi connectivity index (χ0) is 23.6. The minimum atomic E-state index is -3.93. The highest BCUT2D eigenvalue weighted by Crippen LogP contribution is 2.30. The fraction of sp³-hybridized carbons (Fsp3) is 0.417. The smallest absolute Gasteiger partial charge is 0.242 e. The van der Waals surface area contributed by atoms with E-state index in [4.69, 9.17) is 0 Å². The quantitative estimate of drug-likeness (QED) is 0.665. The zero-order valence-electron chi connectivity index (χ0n) is 19.2. The first-order chi connectivity index (χ1) is 15.0. The monoisotopic (exact) mass is 457 g/mol. The third-order valence-corrected chi connectivity index (χ3v) is 7.07. The number of amides is 2. The minimum Gasteiger partial charge on any atom is -0.324 e. The molecule has 1 aliphatic heterocycles. The minimum absolute atomic E-state index is 0.0717.